The smallest absolute Gasteiger partial charge is 0.119 e. The van der Waals surface area contributed by atoms with E-state index in [1.165, 1.54) is 19.3 Å². The quantitative estimate of drug-likeness (QED) is 0.594. The van der Waals surface area contributed by atoms with Crippen molar-refractivity contribution in [2.24, 2.45) is 0 Å². The summed E-state index contributed by atoms with van der Waals surface area (Å²) in [6.45, 7) is 4.58. The minimum atomic E-state index is 0.818. The van der Waals surface area contributed by atoms with Crippen LogP contribution in [0.2, 0.25) is 0 Å². The maximum atomic E-state index is 5.60. The molecule has 0 heterocycles. The lowest BCUT2D eigenvalue weighted by molar-refractivity contribution is 0.142. The highest BCUT2D eigenvalue weighted by molar-refractivity contribution is 5.20. The summed E-state index contributed by atoms with van der Waals surface area (Å²) in [5.74, 6) is 0.969. The van der Waals surface area contributed by atoms with Crippen molar-refractivity contribution in [1.29, 1.82) is 0 Å². The largest absolute Gasteiger partial charge is 0.494 e. The van der Waals surface area contributed by atoms with E-state index in [0.29, 0.717) is 0 Å². The number of para-hydroxylation sites is 1. The van der Waals surface area contributed by atoms with Gasteiger partial charge in [0, 0.05) is 13.2 Å². The van der Waals surface area contributed by atoms with Gasteiger partial charge in [0.15, 0.2) is 0 Å². The van der Waals surface area contributed by atoms with Crippen molar-refractivity contribution in [1.82, 2.24) is 0 Å². The Balaban J connectivity index is 1.89. The third-order valence-electron chi connectivity index (χ3n) is 2.40. The normalized spacial score (nSPS) is 10.3. The molecule has 0 aliphatic rings. The second-order valence-electron chi connectivity index (χ2n) is 3.77. The molecule has 90 valence electrons. The molecular formula is C14H22O2. The van der Waals surface area contributed by atoms with Crippen molar-refractivity contribution >= 4 is 0 Å². The number of hydrogen-bond acceptors (Lipinski definition) is 2. The highest BCUT2D eigenvalue weighted by Gasteiger charge is 1.93. The fourth-order valence-electron chi connectivity index (χ4n) is 1.51. The lowest BCUT2D eigenvalue weighted by atomic mass is 10.2. The van der Waals surface area contributed by atoms with Crippen LogP contribution in [0, 0.1) is 0 Å². The van der Waals surface area contributed by atoms with Crippen molar-refractivity contribution in [3.8, 4) is 5.75 Å². The minimum absolute atomic E-state index is 0.818. The first-order valence-electron chi connectivity index (χ1n) is 6.19. The third-order valence-corrected chi connectivity index (χ3v) is 2.40. The molecule has 0 bridgehead atoms. The number of unbranched alkanes of at least 4 members (excludes halogenated alkanes) is 3. The van der Waals surface area contributed by atoms with Gasteiger partial charge in [-0.2, -0.15) is 0 Å². The van der Waals surface area contributed by atoms with Gasteiger partial charge >= 0.3 is 0 Å². The van der Waals surface area contributed by atoms with Gasteiger partial charge in [-0.3, -0.25) is 0 Å². The zero-order valence-electron chi connectivity index (χ0n) is 10.2. The predicted molar refractivity (Wildman–Crippen MR) is 66.9 cm³/mol. The van der Waals surface area contributed by atoms with Gasteiger partial charge in [0.2, 0.25) is 0 Å². The molecular weight excluding hydrogens is 200 g/mol. The van der Waals surface area contributed by atoms with Gasteiger partial charge in [0.25, 0.3) is 0 Å². The second-order valence-corrected chi connectivity index (χ2v) is 3.77. The molecule has 0 atom stereocenters. The molecule has 0 aromatic heterocycles. The van der Waals surface area contributed by atoms with Gasteiger partial charge in [-0.15, -0.1) is 0 Å². The maximum Gasteiger partial charge on any atom is 0.119 e. The lowest BCUT2D eigenvalue weighted by Gasteiger charge is -2.05. The van der Waals surface area contributed by atoms with E-state index in [-0.39, 0.29) is 0 Å². The average molecular weight is 222 g/mol. The minimum Gasteiger partial charge on any atom is -0.494 e. The molecule has 0 radical (unpaired) electrons. The molecule has 0 spiro atoms. The average Bonchev–Trinajstić information content (AvgIpc) is 2.34. The fraction of sp³-hybridized carbons (Fsp3) is 0.571. The SMILES string of the molecule is CCOCCCCCCOc1ccccc1. The Hall–Kier alpha value is -1.02. The van der Waals surface area contributed by atoms with E-state index < -0.39 is 0 Å². The van der Waals surface area contributed by atoms with E-state index in [4.69, 9.17) is 9.47 Å². The molecule has 2 nitrogen and oxygen atoms in total. The number of ether oxygens (including phenoxy) is 2. The van der Waals surface area contributed by atoms with Crippen LogP contribution in [-0.4, -0.2) is 19.8 Å². The van der Waals surface area contributed by atoms with Crippen LogP contribution in [-0.2, 0) is 4.74 Å². The van der Waals surface area contributed by atoms with Gasteiger partial charge in [-0.1, -0.05) is 24.6 Å². The first-order valence-corrected chi connectivity index (χ1v) is 6.19. The molecule has 0 saturated carbocycles. The molecule has 1 rings (SSSR count). The molecule has 1 aromatic carbocycles. The van der Waals surface area contributed by atoms with Crippen LogP contribution in [0.25, 0.3) is 0 Å². The van der Waals surface area contributed by atoms with Gasteiger partial charge in [0.1, 0.15) is 5.75 Å². The molecule has 0 unspecified atom stereocenters. The fourth-order valence-corrected chi connectivity index (χ4v) is 1.51. The van der Waals surface area contributed by atoms with Crippen molar-refractivity contribution in [3.05, 3.63) is 30.3 Å². The Morgan fingerprint density at radius 3 is 2.25 bits per heavy atom. The van der Waals surface area contributed by atoms with E-state index in [1.807, 2.05) is 37.3 Å². The number of benzene rings is 1. The summed E-state index contributed by atoms with van der Waals surface area (Å²) in [7, 11) is 0. The van der Waals surface area contributed by atoms with Crippen LogP contribution in [0.4, 0.5) is 0 Å². The first-order chi connectivity index (χ1) is 7.93. The molecule has 0 fully saturated rings. The molecule has 0 amide bonds. The Morgan fingerprint density at radius 2 is 1.56 bits per heavy atom. The zero-order valence-corrected chi connectivity index (χ0v) is 10.2. The van der Waals surface area contributed by atoms with Crippen LogP contribution in [0.15, 0.2) is 30.3 Å². The summed E-state index contributed by atoms with van der Waals surface area (Å²) in [5, 5.41) is 0. The van der Waals surface area contributed by atoms with E-state index in [1.54, 1.807) is 0 Å². The Labute approximate surface area is 98.6 Å². The molecule has 0 saturated heterocycles. The van der Waals surface area contributed by atoms with Crippen molar-refractivity contribution < 1.29 is 9.47 Å². The predicted octanol–water partition coefficient (Wildman–Crippen LogP) is 3.66. The summed E-state index contributed by atoms with van der Waals surface area (Å²) < 4.78 is 10.9. The highest BCUT2D eigenvalue weighted by Crippen LogP contribution is 2.09. The summed E-state index contributed by atoms with van der Waals surface area (Å²) in [6, 6.07) is 9.99. The van der Waals surface area contributed by atoms with Crippen LogP contribution >= 0.6 is 0 Å². The standard InChI is InChI=1S/C14H22O2/c1-2-15-12-8-3-4-9-13-16-14-10-6-5-7-11-14/h5-7,10-11H,2-4,8-9,12-13H2,1H3. The van der Waals surface area contributed by atoms with E-state index in [9.17, 15) is 0 Å². The van der Waals surface area contributed by atoms with Crippen LogP contribution in [0.5, 0.6) is 5.75 Å². The third kappa shape index (κ3) is 6.46. The number of hydrogen-bond donors (Lipinski definition) is 0. The van der Waals surface area contributed by atoms with E-state index in [2.05, 4.69) is 0 Å². The molecule has 1 aromatic rings. The Kier molecular flexibility index (Phi) is 7.52. The van der Waals surface area contributed by atoms with E-state index in [0.717, 1.165) is 32.0 Å². The van der Waals surface area contributed by atoms with Crippen LogP contribution in [0.3, 0.4) is 0 Å². The summed E-state index contributed by atoms with van der Waals surface area (Å²) in [5.41, 5.74) is 0. The molecule has 16 heavy (non-hydrogen) atoms. The first kappa shape index (κ1) is 13.0. The van der Waals surface area contributed by atoms with E-state index >= 15 is 0 Å². The Morgan fingerprint density at radius 1 is 0.875 bits per heavy atom. The Bertz CT molecular complexity index is 246. The summed E-state index contributed by atoms with van der Waals surface area (Å²) in [4.78, 5) is 0. The van der Waals surface area contributed by atoms with Gasteiger partial charge in [-0.05, 0) is 38.3 Å². The molecule has 0 N–H and O–H groups in total. The van der Waals surface area contributed by atoms with Crippen LogP contribution in [0.1, 0.15) is 32.6 Å². The van der Waals surface area contributed by atoms with Gasteiger partial charge in [0.05, 0.1) is 6.61 Å². The summed E-state index contributed by atoms with van der Waals surface area (Å²) in [6.07, 6.45) is 4.75. The van der Waals surface area contributed by atoms with Crippen molar-refractivity contribution in [2.75, 3.05) is 19.8 Å². The zero-order chi connectivity index (χ0) is 11.5. The molecule has 0 aliphatic carbocycles. The summed E-state index contributed by atoms with van der Waals surface area (Å²) >= 11 is 0. The topological polar surface area (TPSA) is 18.5 Å². The lowest BCUT2D eigenvalue weighted by Crippen LogP contribution is -1.98. The molecule has 0 aliphatic heterocycles. The van der Waals surface area contributed by atoms with Crippen LogP contribution < -0.4 is 4.74 Å². The van der Waals surface area contributed by atoms with Gasteiger partial charge < -0.3 is 9.47 Å². The van der Waals surface area contributed by atoms with Crippen molar-refractivity contribution in [2.45, 2.75) is 32.6 Å². The van der Waals surface area contributed by atoms with Gasteiger partial charge in [-0.25, -0.2) is 0 Å². The van der Waals surface area contributed by atoms with Crippen molar-refractivity contribution in [3.63, 3.8) is 0 Å². The second kappa shape index (κ2) is 9.22. The highest BCUT2D eigenvalue weighted by atomic mass is 16.5. The maximum absolute atomic E-state index is 5.60. The number of rotatable bonds is 9. The monoisotopic (exact) mass is 222 g/mol. The molecule has 2 heteroatoms.